The molecule has 3 aromatic rings. The fourth-order valence-electron chi connectivity index (χ4n) is 2.66. The number of nitrogens with one attached hydrogen (secondary N) is 1. The van der Waals surface area contributed by atoms with Crippen LogP contribution in [0.4, 0.5) is 4.39 Å². The average molecular weight is 364 g/mol. The van der Waals surface area contributed by atoms with E-state index in [-0.39, 0.29) is 5.82 Å². The molecule has 0 bridgehead atoms. The van der Waals surface area contributed by atoms with Gasteiger partial charge in [0.2, 0.25) is 5.91 Å². The lowest BCUT2D eigenvalue weighted by Crippen LogP contribution is -2.17. The number of benzene rings is 3. The zero-order valence-electron chi connectivity index (χ0n) is 14.8. The van der Waals surface area contributed by atoms with Crippen LogP contribution in [0.1, 0.15) is 21.5 Å². The SMILES string of the molecule is NC(=O)c1ccc(Oc2ccc(CNCCc3ccccc3F)cc2)cc1. The van der Waals surface area contributed by atoms with Crippen molar-refractivity contribution in [1.82, 2.24) is 5.32 Å². The van der Waals surface area contributed by atoms with Crippen LogP contribution < -0.4 is 15.8 Å². The summed E-state index contributed by atoms with van der Waals surface area (Å²) in [6.45, 7) is 1.40. The number of carbonyl (C=O) groups is 1. The molecule has 3 aromatic carbocycles. The highest BCUT2D eigenvalue weighted by Gasteiger charge is 2.03. The molecule has 0 radical (unpaired) electrons. The Bertz CT molecular complexity index is 893. The van der Waals surface area contributed by atoms with E-state index >= 15 is 0 Å². The number of amides is 1. The predicted molar refractivity (Wildman–Crippen MR) is 103 cm³/mol. The summed E-state index contributed by atoms with van der Waals surface area (Å²) in [4.78, 5) is 11.1. The van der Waals surface area contributed by atoms with E-state index in [0.717, 1.165) is 11.1 Å². The Morgan fingerprint density at radius 1 is 0.926 bits per heavy atom. The highest BCUT2D eigenvalue weighted by molar-refractivity contribution is 5.92. The third-order valence-electron chi connectivity index (χ3n) is 4.16. The van der Waals surface area contributed by atoms with E-state index in [0.29, 0.717) is 36.6 Å². The van der Waals surface area contributed by atoms with Gasteiger partial charge in [0, 0.05) is 12.1 Å². The third kappa shape index (κ3) is 5.39. The minimum absolute atomic E-state index is 0.162. The first-order valence-electron chi connectivity index (χ1n) is 8.72. The quantitative estimate of drug-likeness (QED) is 0.593. The van der Waals surface area contributed by atoms with E-state index in [4.69, 9.17) is 10.5 Å². The Balaban J connectivity index is 1.47. The van der Waals surface area contributed by atoms with Crippen molar-refractivity contribution in [2.45, 2.75) is 13.0 Å². The van der Waals surface area contributed by atoms with Gasteiger partial charge in [-0.25, -0.2) is 4.39 Å². The van der Waals surface area contributed by atoms with Crippen LogP contribution in [0.3, 0.4) is 0 Å². The Labute approximate surface area is 157 Å². The molecule has 0 saturated carbocycles. The van der Waals surface area contributed by atoms with E-state index in [9.17, 15) is 9.18 Å². The number of hydrogen-bond acceptors (Lipinski definition) is 3. The maximum absolute atomic E-state index is 13.6. The molecule has 3 rings (SSSR count). The number of primary amides is 1. The lowest BCUT2D eigenvalue weighted by Gasteiger charge is -2.08. The molecule has 0 unspecified atom stereocenters. The number of carbonyl (C=O) groups excluding carboxylic acids is 1. The maximum Gasteiger partial charge on any atom is 0.248 e. The van der Waals surface area contributed by atoms with Crippen molar-refractivity contribution in [2.75, 3.05) is 6.54 Å². The standard InChI is InChI=1S/C22H21FN2O2/c23-21-4-2-1-3-17(21)13-14-25-15-16-5-9-19(10-6-16)27-20-11-7-18(8-12-20)22(24)26/h1-12,25H,13-15H2,(H2,24,26). The molecule has 0 heterocycles. The fourth-order valence-corrected chi connectivity index (χ4v) is 2.66. The van der Waals surface area contributed by atoms with Crippen LogP contribution in [0.2, 0.25) is 0 Å². The second kappa shape index (κ2) is 8.96. The van der Waals surface area contributed by atoms with Gasteiger partial charge in [-0.1, -0.05) is 30.3 Å². The van der Waals surface area contributed by atoms with Gasteiger partial charge in [-0.05, 0) is 66.6 Å². The smallest absolute Gasteiger partial charge is 0.248 e. The van der Waals surface area contributed by atoms with Crippen LogP contribution in [-0.4, -0.2) is 12.5 Å². The molecule has 0 fully saturated rings. The Morgan fingerprint density at radius 3 is 2.19 bits per heavy atom. The molecule has 0 aliphatic heterocycles. The van der Waals surface area contributed by atoms with Crippen molar-refractivity contribution in [1.29, 1.82) is 0 Å². The van der Waals surface area contributed by atoms with Crippen molar-refractivity contribution in [3.05, 3.63) is 95.3 Å². The fraction of sp³-hybridized carbons (Fsp3) is 0.136. The van der Waals surface area contributed by atoms with Crippen LogP contribution >= 0.6 is 0 Å². The molecule has 4 nitrogen and oxygen atoms in total. The van der Waals surface area contributed by atoms with E-state index in [1.54, 1.807) is 36.4 Å². The molecule has 3 N–H and O–H groups in total. The Morgan fingerprint density at radius 2 is 1.56 bits per heavy atom. The molecule has 138 valence electrons. The molecule has 0 aliphatic carbocycles. The summed E-state index contributed by atoms with van der Waals surface area (Å²) >= 11 is 0. The maximum atomic E-state index is 13.6. The van der Waals surface area contributed by atoms with E-state index in [2.05, 4.69) is 5.32 Å². The number of ether oxygens (including phenoxy) is 1. The first kappa shape index (κ1) is 18.6. The molecule has 0 atom stereocenters. The second-order valence-electron chi connectivity index (χ2n) is 6.15. The lowest BCUT2D eigenvalue weighted by molar-refractivity contribution is 0.100. The van der Waals surface area contributed by atoms with Gasteiger partial charge in [0.15, 0.2) is 0 Å². The largest absolute Gasteiger partial charge is 0.457 e. The van der Waals surface area contributed by atoms with Crippen LogP contribution in [0.5, 0.6) is 11.5 Å². The average Bonchev–Trinajstić information content (AvgIpc) is 2.68. The van der Waals surface area contributed by atoms with Gasteiger partial charge < -0.3 is 15.8 Å². The highest BCUT2D eigenvalue weighted by atomic mass is 19.1. The molecule has 0 aromatic heterocycles. The van der Waals surface area contributed by atoms with E-state index < -0.39 is 5.91 Å². The van der Waals surface area contributed by atoms with Gasteiger partial charge in [-0.3, -0.25) is 4.79 Å². The van der Waals surface area contributed by atoms with Gasteiger partial charge in [0.1, 0.15) is 17.3 Å². The summed E-state index contributed by atoms with van der Waals surface area (Å²) in [5.74, 6) is 0.714. The molecule has 0 saturated heterocycles. The molecule has 5 heteroatoms. The van der Waals surface area contributed by atoms with Crippen LogP contribution in [-0.2, 0) is 13.0 Å². The summed E-state index contributed by atoms with van der Waals surface area (Å²) in [5, 5.41) is 3.31. The Kier molecular flexibility index (Phi) is 6.18. The molecule has 27 heavy (non-hydrogen) atoms. The van der Waals surface area contributed by atoms with Crippen molar-refractivity contribution in [2.24, 2.45) is 5.73 Å². The summed E-state index contributed by atoms with van der Waals surface area (Å²) in [7, 11) is 0. The summed E-state index contributed by atoms with van der Waals surface area (Å²) < 4.78 is 19.3. The van der Waals surface area contributed by atoms with Crippen LogP contribution in [0.15, 0.2) is 72.8 Å². The zero-order chi connectivity index (χ0) is 19.1. The molecule has 0 aliphatic rings. The van der Waals surface area contributed by atoms with E-state index in [1.807, 2.05) is 30.3 Å². The molecule has 1 amide bonds. The number of halogens is 1. The van der Waals surface area contributed by atoms with Gasteiger partial charge in [-0.2, -0.15) is 0 Å². The lowest BCUT2D eigenvalue weighted by atomic mass is 10.1. The van der Waals surface area contributed by atoms with E-state index in [1.165, 1.54) is 6.07 Å². The van der Waals surface area contributed by atoms with Gasteiger partial charge in [0.25, 0.3) is 0 Å². The highest BCUT2D eigenvalue weighted by Crippen LogP contribution is 2.22. The number of hydrogen-bond donors (Lipinski definition) is 2. The summed E-state index contributed by atoms with van der Waals surface area (Å²) in [6, 6.07) is 21.2. The minimum atomic E-state index is -0.464. The first-order chi connectivity index (χ1) is 13.1. The van der Waals surface area contributed by atoms with Crippen LogP contribution in [0, 0.1) is 5.82 Å². The topological polar surface area (TPSA) is 64.4 Å². The third-order valence-corrected chi connectivity index (χ3v) is 4.16. The van der Waals surface area contributed by atoms with Crippen molar-refractivity contribution >= 4 is 5.91 Å². The predicted octanol–water partition coefficient (Wildman–Crippen LogP) is 4.05. The van der Waals surface area contributed by atoms with Crippen molar-refractivity contribution in [3.63, 3.8) is 0 Å². The van der Waals surface area contributed by atoms with Crippen molar-refractivity contribution < 1.29 is 13.9 Å². The van der Waals surface area contributed by atoms with Gasteiger partial charge in [0.05, 0.1) is 0 Å². The van der Waals surface area contributed by atoms with Crippen LogP contribution in [0.25, 0.3) is 0 Å². The second-order valence-corrected chi connectivity index (χ2v) is 6.15. The minimum Gasteiger partial charge on any atom is -0.457 e. The van der Waals surface area contributed by atoms with Gasteiger partial charge in [-0.15, -0.1) is 0 Å². The summed E-state index contributed by atoms with van der Waals surface area (Å²) in [6.07, 6.45) is 0.648. The van der Waals surface area contributed by atoms with Gasteiger partial charge >= 0.3 is 0 Å². The number of nitrogens with two attached hydrogens (primary N) is 1. The normalized spacial score (nSPS) is 10.6. The molecular formula is C22H21FN2O2. The molecular weight excluding hydrogens is 343 g/mol. The zero-order valence-corrected chi connectivity index (χ0v) is 14.8. The Hall–Kier alpha value is -3.18. The number of rotatable bonds is 8. The van der Waals surface area contributed by atoms with Crippen molar-refractivity contribution in [3.8, 4) is 11.5 Å². The summed E-state index contributed by atoms with van der Waals surface area (Å²) in [5.41, 5.74) is 7.49. The first-order valence-corrected chi connectivity index (χ1v) is 8.72. The molecule has 0 spiro atoms. The monoisotopic (exact) mass is 364 g/mol.